The van der Waals surface area contributed by atoms with Crippen molar-refractivity contribution in [3.63, 3.8) is 0 Å². The Morgan fingerprint density at radius 1 is 0.925 bits per heavy atom. The number of nitriles is 1. The van der Waals surface area contributed by atoms with Gasteiger partial charge in [0.15, 0.2) is 5.82 Å². The first-order valence-corrected chi connectivity index (χ1v) is 13.5. The summed E-state index contributed by atoms with van der Waals surface area (Å²) in [5, 5.41) is 9.89. The van der Waals surface area contributed by atoms with E-state index in [-0.39, 0.29) is 23.8 Å². The number of halogens is 1. The van der Waals surface area contributed by atoms with Crippen LogP contribution in [0, 0.1) is 17.1 Å². The number of carbonyl (C=O) groups is 1. The molecule has 0 bridgehead atoms. The fraction of sp³-hybridized carbons (Fsp3) is 0.219. The molecule has 40 heavy (non-hydrogen) atoms. The van der Waals surface area contributed by atoms with Crippen LogP contribution in [-0.2, 0) is 6.54 Å². The third-order valence-electron chi connectivity index (χ3n) is 8.13. The molecular weight excluding hydrogens is 503 g/mol. The molecule has 7 rings (SSSR count). The summed E-state index contributed by atoms with van der Waals surface area (Å²) in [5.41, 5.74) is 5.32. The van der Waals surface area contributed by atoms with Gasteiger partial charge in [-0.3, -0.25) is 4.79 Å². The van der Waals surface area contributed by atoms with Gasteiger partial charge in [-0.25, -0.2) is 19.3 Å². The van der Waals surface area contributed by atoms with E-state index in [1.54, 1.807) is 24.5 Å². The van der Waals surface area contributed by atoms with Crippen LogP contribution in [0.2, 0.25) is 0 Å². The van der Waals surface area contributed by atoms with Crippen molar-refractivity contribution in [1.29, 1.82) is 5.26 Å². The van der Waals surface area contributed by atoms with E-state index in [1.807, 2.05) is 41.3 Å². The molecule has 1 saturated carbocycles. The van der Waals surface area contributed by atoms with Crippen molar-refractivity contribution in [1.82, 2.24) is 24.4 Å². The Morgan fingerprint density at radius 3 is 2.60 bits per heavy atom. The molecule has 196 valence electrons. The summed E-state index contributed by atoms with van der Waals surface area (Å²) in [6.45, 7) is 0.496. The average Bonchev–Trinajstić information content (AvgIpc) is 3.54. The Kier molecular flexibility index (Phi) is 5.85. The third kappa shape index (κ3) is 4.02. The Morgan fingerprint density at radius 2 is 1.75 bits per heavy atom. The van der Waals surface area contributed by atoms with E-state index in [1.165, 1.54) is 12.1 Å². The second-order valence-corrected chi connectivity index (χ2v) is 10.4. The first kappa shape index (κ1) is 24.2. The van der Waals surface area contributed by atoms with Gasteiger partial charge in [-0.2, -0.15) is 5.26 Å². The number of benzene rings is 3. The quantitative estimate of drug-likeness (QED) is 0.273. The Balaban J connectivity index is 1.33. The largest absolute Gasteiger partial charge is 0.331 e. The second kappa shape index (κ2) is 9.69. The van der Waals surface area contributed by atoms with Crippen LogP contribution in [0.1, 0.15) is 53.2 Å². The van der Waals surface area contributed by atoms with E-state index < -0.39 is 0 Å². The van der Waals surface area contributed by atoms with Gasteiger partial charge in [-0.05, 0) is 79.8 Å². The van der Waals surface area contributed by atoms with E-state index in [2.05, 4.69) is 26.7 Å². The first-order valence-electron chi connectivity index (χ1n) is 13.5. The molecule has 3 aromatic carbocycles. The number of nitrogens with zero attached hydrogens (tertiary/aromatic N) is 6. The Hall–Kier alpha value is -4.90. The van der Waals surface area contributed by atoms with Crippen molar-refractivity contribution in [2.24, 2.45) is 0 Å². The van der Waals surface area contributed by atoms with Crippen molar-refractivity contribution < 1.29 is 9.18 Å². The molecule has 2 aromatic heterocycles. The zero-order valence-corrected chi connectivity index (χ0v) is 21.7. The fourth-order valence-corrected chi connectivity index (χ4v) is 6.26. The van der Waals surface area contributed by atoms with Crippen LogP contribution in [0.5, 0.6) is 0 Å². The van der Waals surface area contributed by atoms with Crippen LogP contribution >= 0.6 is 0 Å². The summed E-state index contributed by atoms with van der Waals surface area (Å²) in [5.74, 6) is 0.876. The topological polar surface area (TPSA) is 87.7 Å². The summed E-state index contributed by atoms with van der Waals surface area (Å²) in [6, 6.07) is 22.2. The van der Waals surface area contributed by atoms with Gasteiger partial charge in [-0.15, -0.1) is 0 Å². The monoisotopic (exact) mass is 528 g/mol. The van der Waals surface area contributed by atoms with Gasteiger partial charge in [0.05, 0.1) is 22.7 Å². The van der Waals surface area contributed by atoms with E-state index in [0.717, 1.165) is 59.2 Å². The summed E-state index contributed by atoms with van der Waals surface area (Å²) < 4.78 is 16.2. The van der Waals surface area contributed by atoms with E-state index in [4.69, 9.17) is 4.98 Å². The number of amides is 1. The molecule has 8 heteroatoms. The molecule has 0 unspecified atom stereocenters. The highest BCUT2D eigenvalue weighted by atomic mass is 19.1. The second-order valence-electron chi connectivity index (χ2n) is 10.4. The molecular formula is C32H25FN6O. The summed E-state index contributed by atoms with van der Waals surface area (Å²) in [4.78, 5) is 29.1. The molecule has 1 amide bonds. The minimum absolute atomic E-state index is 0.0128. The molecule has 3 heterocycles. The molecule has 2 aliphatic rings. The number of fused-ring (bicyclic) bond motifs is 2. The smallest absolute Gasteiger partial charge is 0.254 e. The average molecular weight is 529 g/mol. The van der Waals surface area contributed by atoms with Gasteiger partial charge < -0.3 is 9.47 Å². The third-order valence-corrected chi connectivity index (χ3v) is 8.13. The van der Waals surface area contributed by atoms with Crippen LogP contribution in [0.15, 0.2) is 79.1 Å². The van der Waals surface area contributed by atoms with Crippen molar-refractivity contribution in [3.8, 4) is 28.8 Å². The molecule has 0 N–H and O–H groups in total. The van der Waals surface area contributed by atoms with E-state index >= 15 is 0 Å². The predicted octanol–water partition coefficient (Wildman–Crippen LogP) is 6.31. The van der Waals surface area contributed by atoms with Gasteiger partial charge >= 0.3 is 0 Å². The maximum atomic E-state index is 13.9. The van der Waals surface area contributed by atoms with Crippen molar-refractivity contribution in [3.05, 3.63) is 102 Å². The molecule has 0 saturated heterocycles. The first-order chi connectivity index (χ1) is 19.6. The highest BCUT2D eigenvalue weighted by Crippen LogP contribution is 2.40. The predicted molar refractivity (Wildman–Crippen MR) is 148 cm³/mol. The molecule has 1 aliphatic heterocycles. The summed E-state index contributed by atoms with van der Waals surface area (Å²) in [7, 11) is 0. The SMILES string of the molecule is N#Cc1ccccc1-c1nc2ccc(-c3ncccn3)cc2n1[C@@H]1CCC[C@H](N2Cc3ccc(F)cc3C2=O)C1. The summed E-state index contributed by atoms with van der Waals surface area (Å²) >= 11 is 0. The van der Waals surface area contributed by atoms with Crippen LogP contribution in [-0.4, -0.2) is 36.4 Å². The fourth-order valence-electron chi connectivity index (χ4n) is 6.26. The standard InChI is InChI=1S/C32H25FN6O/c33-23-11-9-22-19-38(32(40)27(22)16-23)24-6-3-7-25(17-24)39-29-15-20(30-35-13-4-14-36-30)10-12-28(29)37-31(39)26-8-2-1-5-21(26)18-34/h1-2,4-5,8-16,24-25H,3,6-7,17,19H2/t24-,25+/m0/s1. The number of rotatable bonds is 4. The van der Waals surface area contributed by atoms with Crippen molar-refractivity contribution in [2.45, 2.75) is 44.3 Å². The minimum atomic E-state index is -0.389. The zero-order valence-electron chi connectivity index (χ0n) is 21.7. The lowest BCUT2D eigenvalue weighted by Crippen LogP contribution is -2.39. The van der Waals surface area contributed by atoms with Crippen LogP contribution < -0.4 is 0 Å². The number of imidazole rings is 1. The number of carbonyl (C=O) groups excluding carboxylic acids is 1. The van der Waals surface area contributed by atoms with Gasteiger partial charge in [0.1, 0.15) is 11.6 Å². The Labute approximate surface area is 230 Å². The molecule has 0 spiro atoms. The maximum absolute atomic E-state index is 13.9. The molecule has 7 nitrogen and oxygen atoms in total. The molecule has 1 fully saturated rings. The number of aromatic nitrogens is 4. The lowest BCUT2D eigenvalue weighted by atomic mass is 9.89. The van der Waals surface area contributed by atoms with Gasteiger partial charge in [0, 0.05) is 47.7 Å². The Bertz CT molecular complexity index is 1810. The summed E-state index contributed by atoms with van der Waals surface area (Å²) in [6.07, 6.45) is 6.92. The van der Waals surface area contributed by atoms with E-state index in [9.17, 15) is 14.4 Å². The molecule has 0 radical (unpaired) electrons. The van der Waals surface area contributed by atoms with Crippen molar-refractivity contribution >= 4 is 16.9 Å². The normalized spacial score (nSPS) is 18.6. The molecule has 1 aliphatic carbocycles. The van der Waals surface area contributed by atoms with Gasteiger partial charge in [-0.1, -0.05) is 18.2 Å². The number of hydrogen-bond donors (Lipinski definition) is 0. The van der Waals surface area contributed by atoms with E-state index in [0.29, 0.717) is 23.5 Å². The number of hydrogen-bond acceptors (Lipinski definition) is 5. The van der Waals surface area contributed by atoms with Crippen molar-refractivity contribution in [2.75, 3.05) is 0 Å². The highest BCUT2D eigenvalue weighted by Gasteiger charge is 2.37. The van der Waals surface area contributed by atoms with Crippen LogP contribution in [0.3, 0.4) is 0 Å². The minimum Gasteiger partial charge on any atom is -0.331 e. The highest BCUT2D eigenvalue weighted by molar-refractivity contribution is 5.98. The van der Waals surface area contributed by atoms with Crippen LogP contribution in [0.25, 0.3) is 33.8 Å². The zero-order chi connectivity index (χ0) is 27.2. The maximum Gasteiger partial charge on any atom is 0.254 e. The molecule has 2 atom stereocenters. The lowest BCUT2D eigenvalue weighted by molar-refractivity contribution is 0.0630. The van der Waals surface area contributed by atoms with Crippen LogP contribution in [0.4, 0.5) is 4.39 Å². The lowest BCUT2D eigenvalue weighted by Gasteiger charge is -2.36. The van der Waals surface area contributed by atoms with Gasteiger partial charge in [0.2, 0.25) is 0 Å². The molecule has 5 aromatic rings. The van der Waals surface area contributed by atoms with Gasteiger partial charge in [0.25, 0.3) is 5.91 Å².